The zero-order valence-corrected chi connectivity index (χ0v) is 5.92. The van der Waals surface area contributed by atoms with Gasteiger partial charge in [0.05, 0.1) is 6.04 Å². The molecule has 54 valence electrons. The molecule has 2 heteroatoms. The lowest BCUT2D eigenvalue weighted by Crippen LogP contribution is -2.12. The zero-order chi connectivity index (χ0) is 7.14. The summed E-state index contributed by atoms with van der Waals surface area (Å²) >= 11 is 0. The molecule has 2 rings (SSSR count). The lowest BCUT2D eigenvalue weighted by molar-refractivity contribution is -0.118. The maximum absolute atomic E-state index is 11.0. The van der Waals surface area contributed by atoms with Crippen molar-refractivity contribution >= 4 is 5.78 Å². The Hall–Kier alpha value is -0.630. The molecular weight excluding hydrogens is 126 g/mol. The third-order valence-electron chi connectivity index (χ3n) is 2.41. The van der Waals surface area contributed by atoms with Gasteiger partial charge in [0.25, 0.3) is 0 Å². The van der Waals surface area contributed by atoms with Gasteiger partial charge >= 0.3 is 0 Å². The van der Waals surface area contributed by atoms with Gasteiger partial charge < -0.3 is 0 Å². The van der Waals surface area contributed by atoms with Crippen LogP contribution in [0.1, 0.15) is 12.8 Å². The molecule has 10 heavy (non-hydrogen) atoms. The summed E-state index contributed by atoms with van der Waals surface area (Å²) in [5, 5.41) is 0. The van der Waals surface area contributed by atoms with E-state index in [2.05, 4.69) is 11.5 Å². The molecule has 0 aromatic heterocycles. The van der Waals surface area contributed by atoms with Crippen LogP contribution in [0.4, 0.5) is 0 Å². The highest BCUT2D eigenvalue weighted by Gasteiger charge is 2.54. The summed E-state index contributed by atoms with van der Waals surface area (Å²) in [5.74, 6) is 0.437. The van der Waals surface area contributed by atoms with Gasteiger partial charge in [-0.25, -0.2) is 0 Å². The molecule has 2 nitrogen and oxygen atoms in total. The number of likely N-dealkylation sites (tertiary alicyclic amines) is 1. The van der Waals surface area contributed by atoms with Gasteiger partial charge in [0.15, 0.2) is 5.78 Å². The number of hydrogen-bond acceptors (Lipinski definition) is 2. The number of ketones is 1. The predicted octanol–water partition coefficient (Wildman–Crippen LogP) is 0.588. The van der Waals surface area contributed by atoms with Gasteiger partial charge in [0, 0.05) is 19.0 Å². The van der Waals surface area contributed by atoms with Gasteiger partial charge in [-0.2, -0.15) is 0 Å². The van der Waals surface area contributed by atoms with Crippen LogP contribution >= 0.6 is 0 Å². The largest absolute Gasteiger partial charge is 0.298 e. The molecule has 1 heterocycles. The molecule has 1 unspecified atom stereocenters. The Morgan fingerprint density at radius 3 is 3.10 bits per heavy atom. The Balaban J connectivity index is 1.98. The summed E-state index contributed by atoms with van der Waals surface area (Å²) in [4.78, 5) is 13.2. The van der Waals surface area contributed by atoms with E-state index in [0.29, 0.717) is 11.8 Å². The first kappa shape index (κ1) is 6.10. The normalized spacial score (nSPS) is 43.2. The fourth-order valence-electron chi connectivity index (χ4n) is 1.89. The molecule has 0 N–H and O–H groups in total. The molecule has 0 radical (unpaired) electrons. The van der Waals surface area contributed by atoms with Crippen LogP contribution in [0.2, 0.25) is 0 Å². The second kappa shape index (κ2) is 1.92. The van der Waals surface area contributed by atoms with Gasteiger partial charge in [-0.1, -0.05) is 6.08 Å². The van der Waals surface area contributed by atoms with Crippen molar-refractivity contribution in [1.29, 1.82) is 0 Å². The first-order valence-electron chi connectivity index (χ1n) is 3.74. The van der Waals surface area contributed by atoms with Gasteiger partial charge in [-0.3, -0.25) is 9.69 Å². The van der Waals surface area contributed by atoms with Crippen molar-refractivity contribution in [2.24, 2.45) is 0 Å². The fourth-order valence-corrected chi connectivity index (χ4v) is 1.89. The number of carbonyl (C=O) groups is 1. The molecule has 0 bridgehead atoms. The van der Waals surface area contributed by atoms with Crippen molar-refractivity contribution < 1.29 is 4.79 Å². The maximum atomic E-state index is 11.0. The Kier molecular flexibility index (Phi) is 1.17. The molecule has 1 saturated carbocycles. The average Bonchev–Trinajstić information content (AvgIpc) is 2.45. The van der Waals surface area contributed by atoms with Gasteiger partial charge in [-0.15, -0.1) is 6.58 Å². The molecule has 1 aliphatic carbocycles. The number of rotatable bonds is 2. The van der Waals surface area contributed by atoms with Crippen LogP contribution in [-0.2, 0) is 4.79 Å². The Bertz CT molecular complexity index is 188. The molecule has 1 aliphatic heterocycles. The highest BCUT2D eigenvalue weighted by molar-refractivity contribution is 5.90. The SMILES string of the molecule is C=CCN1[C@@H]2C(=O)CC[C@@H]21. The molecule has 0 aromatic carbocycles. The van der Waals surface area contributed by atoms with Crippen LogP contribution in [0.3, 0.4) is 0 Å². The smallest absolute Gasteiger partial charge is 0.151 e. The lowest BCUT2D eigenvalue weighted by atomic mass is 10.3. The summed E-state index contributed by atoms with van der Waals surface area (Å²) in [7, 11) is 0. The fraction of sp³-hybridized carbons (Fsp3) is 0.625. The van der Waals surface area contributed by atoms with E-state index in [1.807, 2.05) is 6.08 Å². The van der Waals surface area contributed by atoms with E-state index in [1.54, 1.807) is 0 Å². The summed E-state index contributed by atoms with van der Waals surface area (Å²) in [6, 6.07) is 0.878. The first-order valence-corrected chi connectivity index (χ1v) is 3.74. The summed E-state index contributed by atoms with van der Waals surface area (Å²) in [5.41, 5.74) is 0. The van der Waals surface area contributed by atoms with Crippen LogP contribution < -0.4 is 0 Å². The Morgan fingerprint density at radius 2 is 2.60 bits per heavy atom. The van der Waals surface area contributed by atoms with Gasteiger partial charge in [0.1, 0.15) is 0 Å². The molecule has 3 atom stereocenters. The topological polar surface area (TPSA) is 20.1 Å². The van der Waals surface area contributed by atoms with E-state index in [-0.39, 0.29) is 6.04 Å². The highest BCUT2D eigenvalue weighted by Crippen LogP contribution is 2.39. The minimum absolute atomic E-state index is 0.290. The molecular formula is C8H11NO. The standard InChI is InChI=1S/C8H11NO/c1-2-5-9-6-3-4-7(10)8(6)9/h2,6,8H,1,3-5H2/t6-,8-,9?/m0/s1. The number of fused-ring (bicyclic) bond motifs is 1. The van der Waals surface area contributed by atoms with E-state index in [0.717, 1.165) is 19.4 Å². The van der Waals surface area contributed by atoms with Crippen molar-refractivity contribution in [3.05, 3.63) is 12.7 Å². The number of hydrogen-bond donors (Lipinski definition) is 0. The molecule has 1 saturated heterocycles. The summed E-state index contributed by atoms with van der Waals surface area (Å²) < 4.78 is 0. The minimum Gasteiger partial charge on any atom is -0.298 e. The van der Waals surface area contributed by atoms with Crippen LogP contribution in [0.25, 0.3) is 0 Å². The van der Waals surface area contributed by atoms with Crippen molar-refractivity contribution in [3.8, 4) is 0 Å². The molecule has 2 fully saturated rings. The quantitative estimate of drug-likeness (QED) is 0.410. The first-order chi connectivity index (χ1) is 4.84. The monoisotopic (exact) mass is 137 g/mol. The van der Waals surface area contributed by atoms with Gasteiger partial charge in [-0.05, 0) is 6.42 Å². The summed E-state index contributed by atoms with van der Waals surface area (Å²) in [6.45, 7) is 4.53. The minimum atomic E-state index is 0.290. The van der Waals surface area contributed by atoms with Crippen molar-refractivity contribution in [3.63, 3.8) is 0 Å². The lowest BCUT2D eigenvalue weighted by Gasteiger charge is -2.00. The predicted molar refractivity (Wildman–Crippen MR) is 38.7 cm³/mol. The third kappa shape index (κ3) is 0.655. The molecule has 2 aliphatic rings. The van der Waals surface area contributed by atoms with Crippen molar-refractivity contribution in [2.75, 3.05) is 6.54 Å². The van der Waals surface area contributed by atoms with E-state index in [9.17, 15) is 4.79 Å². The number of nitrogens with zero attached hydrogens (tertiary/aromatic N) is 1. The number of carbonyl (C=O) groups excluding carboxylic acids is 1. The van der Waals surface area contributed by atoms with Crippen molar-refractivity contribution in [2.45, 2.75) is 24.9 Å². The Labute approximate surface area is 60.5 Å². The average molecular weight is 137 g/mol. The van der Waals surface area contributed by atoms with Gasteiger partial charge in [0.2, 0.25) is 0 Å². The highest BCUT2D eigenvalue weighted by atomic mass is 16.1. The molecule has 0 aromatic rings. The molecule has 0 amide bonds. The van der Waals surface area contributed by atoms with E-state index >= 15 is 0 Å². The van der Waals surface area contributed by atoms with E-state index in [4.69, 9.17) is 0 Å². The summed E-state index contributed by atoms with van der Waals surface area (Å²) in [6.07, 6.45) is 3.76. The second-order valence-electron chi connectivity index (χ2n) is 3.00. The second-order valence-corrected chi connectivity index (χ2v) is 3.00. The van der Waals surface area contributed by atoms with Crippen LogP contribution in [0, 0.1) is 0 Å². The molecule has 0 spiro atoms. The number of piperidine rings is 1. The maximum Gasteiger partial charge on any atom is 0.151 e. The van der Waals surface area contributed by atoms with Crippen molar-refractivity contribution in [1.82, 2.24) is 4.90 Å². The van der Waals surface area contributed by atoms with E-state index in [1.165, 1.54) is 0 Å². The van der Waals surface area contributed by atoms with Crippen LogP contribution in [-0.4, -0.2) is 29.3 Å². The van der Waals surface area contributed by atoms with Crippen LogP contribution in [0.5, 0.6) is 0 Å². The Morgan fingerprint density at radius 1 is 1.80 bits per heavy atom. The number of Topliss-reactive ketones (excluding diaryl/α,β-unsaturated/α-hetero) is 1. The third-order valence-corrected chi connectivity index (χ3v) is 2.41. The van der Waals surface area contributed by atoms with Crippen LogP contribution in [0.15, 0.2) is 12.7 Å². The zero-order valence-electron chi connectivity index (χ0n) is 5.92. The van der Waals surface area contributed by atoms with E-state index < -0.39 is 0 Å².